The SMILES string of the molecule is CCS(=O)(=O)N(C)c1ncccc1CNc1nc(Nc2ccc3c(c2)CC(=O)N3)ncc1C(F)(F)F. The van der Waals surface area contributed by atoms with Crippen LogP contribution < -0.4 is 20.3 Å². The van der Waals surface area contributed by atoms with Gasteiger partial charge in [0.2, 0.25) is 21.9 Å². The first-order valence-corrected chi connectivity index (χ1v) is 12.4. The van der Waals surface area contributed by atoms with Crippen LogP contribution in [0.2, 0.25) is 0 Å². The van der Waals surface area contributed by atoms with Crippen molar-refractivity contribution >= 4 is 44.9 Å². The summed E-state index contributed by atoms with van der Waals surface area (Å²) in [5.41, 5.74) is 1.18. The molecular weight excluding hydrogens is 499 g/mol. The Morgan fingerprint density at radius 1 is 1.19 bits per heavy atom. The lowest BCUT2D eigenvalue weighted by Crippen LogP contribution is -2.30. The van der Waals surface area contributed by atoms with Gasteiger partial charge in [0.1, 0.15) is 17.2 Å². The number of hydrogen-bond donors (Lipinski definition) is 3. The normalized spacial score (nSPS) is 13.2. The Labute approximate surface area is 205 Å². The number of fused-ring (bicyclic) bond motifs is 1. The van der Waals surface area contributed by atoms with Gasteiger partial charge in [-0.15, -0.1) is 0 Å². The van der Waals surface area contributed by atoms with Gasteiger partial charge < -0.3 is 16.0 Å². The largest absolute Gasteiger partial charge is 0.421 e. The molecule has 3 aromatic rings. The monoisotopic (exact) mass is 521 g/mol. The molecule has 0 bridgehead atoms. The zero-order chi connectivity index (χ0) is 26.1. The minimum Gasteiger partial charge on any atom is -0.365 e. The number of pyridine rings is 1. The number of amides is 1. The number of halogens is 3. The molecule has 4 rings (SSSR count). The number of aromatic nitrogens is 3. The number of benzene rings is 1. The van der Waals surface area contributed by atoms with Gasteiger partial charge in [0.05, 0.1) is 12.2 Å². The highest BCUT2D eigenvalue weighted by molar-refractivity contribution is 7.92. The van der Waals surface area contributed by atoms with Crippen LogP contribution in [-0.2, 0) is 34.0 Å². The lowest BCUT2D eigenvalue weighted by atomic mass is 10.1. The van der Waals surface area contributed by atoms with Gasteiger partial charge in [0.15, 0.2) is 0 Å². The van der Waals surface area contributed by atoms with Crippen molar-refractivity contribution in [2.75, 3.05) is 33.1 Å². The fraction of sp³-hybridized carbons (Fsp3) is 0.273. The van der Waals surface area contributed by atoms with Gasteiger partial charge in [-0.1, -0.05) is 6.07 Å². The minimum absolute atomic E-state index is 0.0918. The molecule has 10 nitrogen and oxygen atoms in total. The van der Waals surface area contributed by atoms with Gasteiger partial charge in [-0.25, -0.2) is 18.4 Å². The molecule has 190 valence electrons. The Morgan fingerprint density at radius 3 is 2.69 bits per heavy atom. The molecule has 36 heavy (non-hydrogen) atoms. The third kappa shape index (κ3) is 5.32. The highest BCUT2D eigenvalue weighted by Crippen LogP contribution is 2.35. The molecule has 1 aliphatic rings. The van der Waals surface area contributed by atoms with Crippen LogP contribution in [0.5, 0.6) is 0 Å². The smallest absolute Gasteiger partial charge is 0.365 e. The first kappa shape index (κ1) is 25.2. The van der Waals surface area contributed by atoms with Gasteiger partial charge >= 0.3 is 6.18 Å². The van der Waals surface area contributed by atoms with Gasteiger partial charge in [0.25, 0.3) is 0 Å². The van der Waals surface area contributed by atoms with Crippen molar-refractivity contribution in [1.29, 1.82) is 0 Å². The predicted molar refractivity (Wildman–Crippen MR) is 129 cm³/mol. The van der Waals surface area contributed by atoms with Crippen molar-refractivity contribution in [3.8, 4) is 0 Å². The van der Waals surface area contributed by atoms with Crippen molar-refractivity contribution in [2.45, 2.75) is 26.1 Å². The van der Waals surface area contributed by atoms with E-state index < -0.39 is 27.6 Å². The van der Waals surface area contributed by atoms with Crippen LogP contribution in [0.15, 0.2) is 42.7 Å². The quantitative estimate of drug-likeness (QED) is 0.411. The van der Waals surface area contributed by atoms with Gasteiger partial charge in [-0.3, -0.25) is 9.10 Å². The van der Waals surface area contributed by atoms with Gasteiger partial charge in [-0.05, 0) is 36.8 Å². The summed E-state index contributed by atoms with van der Waals surface area (Å²) >= 11 is 0. The van der Waals surface area contributed by atoms with Crippen molar-refractivity contribution in [1.82, 2.24) is 15.0 Å². The number of carbonyl (C=O) groups excluding carboxylic acids is 1. The average Bonchev–Trinajstić information content (AvgIpc) is 3.21. The average molecular weight is 522 g/mol. The van der Waals surface area contributed by atoms with E-state index >= 15 is 0 Å². The molecule has 1 amide bonds. The molecule has 0 fully saturated rings. The van der Waals surface area contributed by atoms with Crippen molar-refractivity contribution in [3.05, 3.63) is 59.4 Å². The summed E-state index contributed by atoms with van der Waals surface area (Å²) in [5, 5.41) is 8.20. The molecule has 3 heterocycles. The number of anilines is 5. The molecule has 0 aliphatic carbocycles. The maximum atomic E-state index is 13.6. The molecule has 0 radical (unpaired) electrons. The van der Waals surface area contributed by atoms with Crippen LogP contribution >= 0.6 is 0 Å². The Hall–Kier alpha value is -3.94. The molecule has 1 aliphatic heterocycles. The molecule has 0 saturated carbocycles. The molecule has 2 aromatic heterocycles. The number of nitrogens with one attached hydrogen (secondary N) is 3. The highest BCUT2D eigenvalue weighted by Gasteiger charge is 2.35. The van der Waals surface area contributed by atoms with Crippen LogP contribution in [0, 0.1) is 0 Å². The summed E-state index contributed by atoms with van der Waals surface area (Å²) < 4.78 is 66.5. The van der Waals surface area contributed by atoms with Crippen molar-refractivity contribution < 1.29 is 26.4 Å². The summed E-state index contributed by atoms with van der Waals surface area (Å²) in [7, 11) is -2.30. The van der Waals surface area contributed by atoms with Gasteiger partial charge in [-0.2, -0.15) is 18.2 Å². The Kier molecular flexibility index (Phi) is 6.71. The highest BCUT2D eigenvalue weighted by atomic mass is 32.2. The van der Waals surface area contributed by atoms with E-state index in [-0.39, 0.29) is 36.4 Å². The van der Waals surface area contributed by atoms with Crippen LogP contribution in [-0.4, -0.2) is 42.1 Å². The fourth-order valence-corrected chi connectivity index (χ4v) is 4.39. The van der Waals surface area contributed by atoms with E-state index in [0.717, 1.165) is 9.87 Å². The van der Waals surface area contributed by atoms with E-state index in [0.29, 0.717) is 23.1 Å². The number of nitrogens with zero attached hydrogens (tertiary/aromatic N) is 4. The van der Waals surface area contributed by atoms with Crippen LogP contribution in [0.1, 0.15) is 23.6 Å². The molecule has 1 aromatic carbocycles. The number of alkyl halides is 3. The van der Waals surface area contributed by atoms with Crippen molar-refractivity contribution in [3.63, 3.8) is 0 Å². The second-order valence-corrected chi connectivity index (χ2v) is 10.2. The minimum atomic E-state index is -4.74. The zero-order valence-electron chi connectivity index (χ0n) is 19.2. The van der Waals surface area contributed by atoms with E-state index in [4.69, 9.17) is 0 Å². The lowest BCUT2D eigenvalue weighted by molar-refractivity contribution is -0.137. The van der Waals surface area contributed by atoms with Crippen LogP contribution in [0.3, 0.4) is 0 Å². The summed E-state index contributed by atoms with van der Waals surface area (Å²) in [6.07, 6.45) is -2.48. The summed E-state index contributed by atoms with van der Waals surface area (Å²) in [5.74, 6) is -0.812. The third-order valence-corrected chi connectivity index (χ3v) is 7.21. The van der Waals surface area contributed by atoms with E-state index in [2.05, 4.69) is 30.9 Å². The predicted octanol–water partition coefficient (Wildman–Crippen LogP) is 3.53. The van der Waals surface area contributed by atoms with Crippen LogP contribution in [0.4, 0.5) is 42.1 Å². The Balaban J connectivity index is 1.61. The summed E-state index contributed by atoms with van der Waals surface area (Å²) in [6.45, 7) is 1.30. The zero-order valence-corrected chi connectivity index (χ0v) is 20.0. The Bertz CT molecular complexity index is 1410. The maximum Gasteiger partial charge on any atom is 0.421 e. The lowest BCUT2D eigenvalue weighted by Gasteiger charge is -2.21. The van der Waals surface area contributed by atoms with Gasteiger partial charge in [0, 0.05) is 42.9 Å². The summed E-state index contributed by atoms with van der Waals surface area (Å²) in [6, 6.07) is 8.12. The number of sulfonamides is 1. The number of carbonyl (C=O) groups is 1. The summed E-state index contributed by atoms with van der Waals surface area (Å²) in [4.78, 5) is 23.5. The number of rotatable bonds is 8. The Morgan fingerprint density at radius 2 is 1.97 bits per heavy atom. The second-order valence-electron chi connectivity index (χ2n) is 7.88. The van der Waals surface area contributed by atoms with E-state index in [9.17, 15) is 26.4 Å². The van der Waals surface area contributed by atoms with Crippen molar-refractivity contribution in [2.24, 2.45) is 0 Å². The van der Waals surface area contributed by atoms with E-state index in [1.165, 1.54) is 20.2 Å². The fourth-order valence-electron chi connectivity index (χ4n) is 3.58. The molecule has 3 N–H and O–H groups in total. The first-order valence-electron chi connectivity index (χ1n) is 10.8. The molecule has 0 unspecified atom stereocenters. The molecule has 0 saturated heterocycles. The molecular formula is C22H22F3N7O3S. The van der Waals surface area contributed by atoms with E-state index in [1.807, 2.05) is 0 Å². The third-order valence-electron chi connectivity index (χ3n) is 5.47. The number of hydrogen-bond acceptors (Lipinski definition) is 8. The topological polar surface area (TPSA) is 129 Å². The second kappa shape index (κ2) is 9.60. The maximum absolute atomic E-state index is 13.6. The molecule has 14 heteroatoms. The standard InChI is InChI=1S/C22H22F3N7O3S/c1-3-36(34,35)32(2)20-13(5-4-8-26-20)11-27-19-16(22(23,24)25)12-28-21(31-19)29-15-6-7-17-14(9-15)10-18(33)30-17/h4-9,12H,3,10-11H2,1-2H3,(H,30,33)(H2,27,28,29,31). The molecule has 0 atom stereocenters. The first-order chi connectivity index (χ1) is 17.0. The van der Waals surface area contributed by atoms with E-state index in [1.54, 1.807) is 30.3 Å². The van der Waals surface area contributed by atoms with Crippen LogP contribution in [0.25, 0.3) is 0 Å². The molecule has 0 spiro atoms.